The Morgan fingerprint density at radius 2 is 1.88 bits per heavy atom. The van der Waals surface area contributed by atoms with E-state index in [-0.39, 0.29) is 5.75 Å². The molecule has 0 bridgehead atoms. The summed E-state index contributed by atoms with van der Waals surface area (Å²) in [7, 11) is -3.76. The third kappa shape index (κ3) is 3.02. The number of nitrogens with zero attached hydrogens (tertiary/aromatic N) is 1. The van der Waals surface area contributed by atoms with E-state index in [0.717, 1.165) is 0 Å². The first-order chi connectivity index (χ1) is 7.59. The van der Waals surface area contributed by atoms with Gasteiger partial charge in [-0.05, 0) is 6.07 Å². The van der Waals surface area contributed by atoms with Crippen LogP contribution >= 0.6 is 23.2 Å². The molecule has 0 saturated carbocycles. The average Bonchev–Trinajstić information content (AvgIpc) is 2.19. The van der Waals surface area contributed by atoms with Crippen molar-refractivity contribution in [3.63, 3.8) is 0 Å². The predicted octanol–water partition coefficient (Wildman–Crippen LogP) is 3.20. The molecule has 0 radical (unpaired) electrons. The molecule has 0 aromatic carbocycles. The second kappa shape index (κ2) is 4.62. The van der Waals surface area contributed by atoms with Gasteiger partial charge in [-0.15, -0.1) is 0 Å². The highest BCUT2D eigenvalue weighted by molar-refractivity contribution is 7.91. The van der Waals surface area contributed by atoms with E-state index in [4.69, 9.17) is 23.2 Å². The molecule has 0 unspecified atom stereocenters. The van der Waals surface area contributed by atoms with Crippen molar-refractivity contribution >= 4 is 33.0 Å². The van der Waals surface area contributed by atoms with Gasteiger partial charge in [-0.25, -0.2) is 13.4 Å². The van der Waals surface area contributed by atoms with E-state index in [2.05, 4.69) is 4.98 Å². The molecule has 0 N–H and O–H groups in total. The first-order valence-corrected chi connectivity index (χ1v) is 6.66. The van der Waals surface area contributed by atoms with E-state index >= 15 is 0 Å². The number of halogens is 5. The first-order valence-electron chi connectivity index (χ1n) is 4.25. The van der Waals surface area contributed by atoms with Crippen LogP contribution in [-0.2, 0) is 16.0 Å². The van der Waals surface area contributed by atoms with Gasteiger partial charge in [-0.2, -0.15) is 13.2 Å². The minimum atomic E-state index is -4.78. The number of sulfone groups is 1. The maximum absolute atomic E-state index is 12.4. The molecule has 1 aromatic rings. The summed E-state index contributed by atoms with van der Waals surface area (Å²) in [5.41, 5.74) is -1.40. The SMILES string of the molecule is CCS(=O)(=O)c1cc(Cl)c(C(F)(F)F)nc1Cl. The average molecular weight is 308 g/mol. The Balaban J connectivity index is 3.49. The lowest BCUT2D eigenvalue weighted by Crippen LogP contribution is -2.12. The van der Waals surface area contributed by atoms with E-state index in [0.29, 0.717) is 6.07 Å². The largest absolute Gasteiger partial charge is 0.434 e. The van der Waals surface area contributed by atoms with Crippen LogP contribution in [-0.4, -0.2) is 19.2 Å². The van der Waals surface area contributed by atoms with E-state index in [9.17, 15) is 21.6 Å². The van der Waals surface area contributed by atoms with Crippen LogP contribution in [0.2, 0.25) is 10.2 Å². The zero-order valence-electron chi connectivity index (χ0n) is 8.35. The Labute approximate surface area is 105 Å². The Morgan fingerprint density at radius 1 is 1.35 bits per heavy atom. The van der Waals surface area contributed by atoms with E-state index in [1.807, 2.05) is 0 Å². The number of hydrogen-bond acceptors (Lipinski definition) is 3. The van der Waals surface area contributed by atoms with Gasteiger partial charge in [-0.3, -0.25) is 0 Å². The van der Waals surface area contributed by atoms with Crippen LogP contribution in [0.1, 0.15) is 12.6 Å². The van der Waals surface area contributed by atoms with Crippen molar-refractivity contribution in [1.82, 2.24) is 4.98 Å². The van der Waals surface area contributed by atoms with Crippen LogP contribution in [0.25, 0.3) is 0 Å². The monoisotopic (exact) mass is 307 g/mol. The molecule has 96 valence electrons. The van der Waals surface area contributed by atoms with Crippen LogP contribution in [0.4, 0.5) is 13.2 Å². The summed E-state index contributed by atoms with van der Waals surface area (Å²) in [6.45, 7) is 1.33. The Hall–Kier alpha value is -0.530. The van der Waals surface area contributed by atoms with Gasteiger partial charge in [0.15, 0.2) is 15.5 Å². The highest BCUT2D eigenvalue weighted by Crippen LogP contribution is 2.36. The minimum Gasteiger partial charge on any atom is -0.229 e. The summed E-state index contributed by atoms with van der Waals surface area (Å²) in [4.78, 5) is 2.49. The Bertz CT molecular complexity index is 542. The zero-order valence-corrected chi connectivity index (χ0v) is 10.7. The second-order valence-electron chi connectivity index (χ2n) is 3.01. The van der Waals surface area contributed by atoms with Crippen molar-refractivity contribution in [2.45, 2.75) is 18.0 Å². The van der Waals surface area contributed by atoms with E-state index in [1.165, 1.54) is 6.92 Å². The smallest absolute Gasteiger partial charge is 0.229 e. The van der Waals surface area contributed by atoms with Gasteiger partial charge in [0.05, 0.1) is 10.8 Å². The molecule has 0 saturated heterocycles. The molecule has 1 aromatic heterocycles. The fraction of sp³-hybridized carbons (Fsp3) is 0.375. The maximum Gasteiger partial charge on any atom is 0.434 e. The molecule has 0 aliphatic heterocycles. The lowest BCUT2D eigenvalue weighted by molar-refractivity contribution is -0.141. The van der Waals surface area contributed by atoms with Crippen LogP contribution in [0.3, 0.4) is 0 Å². The Morgan fingerprint density at radius 3 is 2.29 bits per heavy atom. The molecule has 0 aliphatic rings. The van der Waals surface area contributed by atoms with E-state index < -0.39 is 36.8 Å². The summed E-state index contributed by atoms with van der Waals surface area (Å²) in [5.74, 6) is -0.309. The van der Waals surface area contributed by atoms with Crippen LogP contribution in [0.15, 0.2) is 11.0 Å². The van der Waals surface area contributed by atoms with Crippen molar-refractivity contribution in [3.8, 4) is 0 Å². The van der Waals surface area contributed by atoms with Crippen molar-refractivity contribution in [2.75, 3.05) is 5.75 Å². The van der Waals surface area contributed by atoms with Crippen LogP contribution in [0.5, 0.6) is 0 Å². The topological polar surface area (TPSA) is 47.0 Å². The van der Waals surface area contributed by atoms with Crippen LogP contribution < -0.4 is 0 Å². The van der Waals surface area contributed by atoms with Gasteiger partial charge in [0, 0.05) is 0 Å². The lowest BCUT2D eigenvalue weighted by atomic mass is 10.3. The minimum absolute atomic E-state index is 0.309. The second-order valence-corrected chi connectivity index (χ2v) is 6.02. The number of hydrogen-bond donors (Lipinski definition) is 0. The molecule has 17 heavy (non-hydrogen) atoms. The molecule has 0 fully saturated rings. The van der Waals surface area contributed by atoms with Gasteiger partial charge in [-0.1, -0.05) is 30.1 Å². The van der Waals surface area contributed by atoms with E-state index in [1.54, 1.807) is 0 Å². The molecular weight excluding hydrogens is 302 g/mol. The highest BCUT2D eigenvalue weighted by Gasteiger charge is 2.37. The van der Waals surface area contributed by atoms with Crippen molar-refractivity contribution in [1.29, 1.82) is 0 Å². The maximum atomic E-state index is 12.4. The summed E-state index contributed by atoms with van der Waals surface area (Å²) < 4.78 is 60.1. The Kier molecular flexibility index (Phi) is 3.95. The van der Waals surface area contributed by atoms with Gasteiger partial charge in [0.1, 0.15) is 10.0 Å². The molecule has 3 nitrogen and oxygen atoms in total. The molecule has 1 rings (SSSR count). The normalized spacial score (nSPS) is 12.8. The van der Waals surface area contributed by atoms with Crippen molar-refractivity contribution < 1.29 is 21.6 Å². The third-order valence-electron chi connectivity index (χ3n) is 1.88. The first kappa shape index (κ1) is 14.5. The van der Waals surface area contributed by atoms with Gasteiger partial charge >= 0.3 is 6.18 Å². The third-order valence-corrected chi connectivity index (χ3v) is 4.31. The van der Waals surface area contributed by atoms with Gasteiger partial charge < -0.3 is 0 Å². The number of rotatable bonds is 2. The molecule has 1 heterocycles. The fourth-order valence-corrected chi connectivity index (χ4v) is 2.75. The summed E-state index contributed by atoms with van der Waals surface area (Å²) in [5, 5.41) is -1.53. The van der Waals surface area contributed by atoms with Gasteiger partial charge in [0.25, 0.3) is 0 Å². The molecule has 0 amide bonds. The number of aromatic nitrogens is 1. The summed E-state index contributed by atoms with van der Waals surface area (Å²) in [6.07, 6.45) is -4.78. The highest BCUT2D eigenvalue weighted by atomic mass is 35.5. The summed E-state index contributed by atoms with van der Waals surface area (Å²) >= 11 is 10.8. The lowest BCUT2D eigenvalue weighted by Gasteiger charge is -2.10. The van der Waals surface area contributed by atoms with Gasteiger partial charge in [0.2, 0.25) is 0 Å². The molecule has 0 atom stereocenters. The standard InChI is InChI=1S/C8H6Cl2F3NO2S/c1-2-17(15,16)5-3-4(9)6(8(11,12)13)14-7(5)10/h3H,2H2,1H3. The van der Waals surface area contributed by atoms with Crippen molar-refractivity contribution in [3.05, 3.63) is 21.9 Å². The molecule has 9 heteroatoms. The zero-order chi connectivity index (χ0) is 13.4. The number of pyridine rings is 1. The number of alkyl halides is 3. The van der Waals surface area contributed by atoms with Crippen LogP contribution in [0, 0.1) is 0 Å². The molecule has 0 aliphatic carbocycles. The predicted molar refractivity (Wildman–Crippen MR) is 57.0 cm³/mol. The molecular formula is C8H6Cl2F3NO2S. The fourth-order valence-electron chi connectivity index (χ4n) is 1.02. The molecule has 0 spiro atoms. The van der Waals surface area contributed by atoms with Crippen molar-refractivity contribution in [2.24, 2.45) is 0 Å². The quantitative estimate of drug-likeness (QED) is 0.788. The summed E-state index contributed by atoms with van der Waals surface area (Å²) in [6, 6.07) is 0.665.